The second-order valence-corrected chi connectivity index (χ2v) is 8.06. The topological polar surface area (TPSA) is 62.6 Å². The number of carbonyl (C=O) groups is 2. The van der Waals surface area contributed by atoms with Crippen molar-refractivity contribution in [3.05, 3.63) is 94.4 Å². The molecule has 0 fully saturated rings. The zero-order valence-corrected chi connectivity index (χ0v) is 18.1. The molecule has 0 bridgehead atoms. The molecule has 11 heteroatoms. The highest BCUT2D eigenvalue weighted by Gasteiger charge is 2.45. The molecular formula is C24H18F6N2O3. The maximum Gasteiger partial charge on any atom is 0.416 e. The number of halogens is 6. The van der Waals surface area contributed by atoms with Crippen molar-refractivity contribution in [1.29, 1.82) is 0 Å². The first-order valence-electron chi connectivity index (χ1n) is 10.3. The number of hydrogen-bond acceptors (Lipinski definition) is 3. The van der Waals surface area contributed by atoms with E-state index in [4.69, 9.17) is 4.42 Å². The van der Waals surface area contributed by atoms with E-state index in [2.05, 4.69) is 5.32 Å². The van der Waals surface area contributed by atoms with Crippen molar-refractivity contribution in [3.8, 4) is 0 Å². The Morgan fingerprint density at radius 2 is 1.60 bits per heavy atom. The number of fused-ring (bicyclic) bond motifs is 1. The van der Waals surface area contributed by atoms with Gasteiger partial charge in [-0.3, -0.25) is 9.59 Å². The fraction of sp³-hybridized carbons (Fsp3) is 0.250. The Labute approximate surface area is 195 Å². The van der Waals surface area contributed by atoms with Gasteiger partial charge in [0.05, 0.1) is 35.9 Å². The van der Waals surface area contributed by atoms with Crippen LogP contribution < -0.4 is 5.32 Å². The number of carbonyl (C=O) groups excluding carboxylic acids is 2. The van der Waals surface area contributed by atoms with Crippen LogP contribution in [0.5, 0.6) is 0 Å². The molecule has 0 saturated heterocycles. The summed E-state index contributed by atoms with van der Waals surface area (Å²) in [4.78, 5) is 27.3. The van der Waals surface area contributed by atoms with Gasteiger partial charge in [0, 0.05) is 12.6 Å². The first-order chi connectivity index (χ1) is 16.4. The largest absolute Gasteiger partial charge is 0.467 e. The van der Waals surface area contributed by atoms with Crippen LogP contribution in [0.1, 0.15) is 50.3 Å². The van der Waals surface area contributed by atoms with Crippen LogP contribution >= 0.6 is 0 Å². The molecule has 2 aromatic carbocycles. The van der Waals surface area contributed by atoms with Gasteiger partial charge >= 0.3 is 12.4 Å². The van der Waals surface area contributed by atoms with Crippen LogP contribution in [0.3, 0.4) is 0 Å². The summed E-state index contributed by atoms with van der Waals surface area (Å²) >= 11 is 0. The molecule has 5 nitrogen and oxygen atoms in total. The van der Waals surface area contributed by atoms with Crippen LogP contribution in [0.15, 0.2) is 65.3 Å². The monoisotopic (exact) mass is 496 g/mol. The number of amides is 2. The fourth-order valence-corrected chi connectivity index (χ4v) is 4.22. The third-order valence-corrected chi connectivity index (χ3v) is 5.83. The van der Waals surface area contributed by atoms with Gasteiger partial charge in [-0.2, -0.15) is 26.3 Å². The van der Waals surface area contributed by atoms with Crippen molar-refractivity contribution in [3.63, 3.8) is 0 Å². The van der Waals surface area contributed by atoms with Gasteiger partial charge in [-0.15, -0.1) is 0 Å². The molecule has 2 amide bonds. The third kappa shape index (κ3) is 4.75. The smallest absolute Gasteiger partial charge is 0.416 e. The molecule has 0 aliphatic carbocycles. The highest BCUT2D eigenvalue weighted by molar-refractivity contribution is 6.01. The highest BCUT2D eigenvalue weighted by Crippen LogP contribution is 2.45. The van der Waals surface area contributed by atoms with E-state index in [1.165, 1.54) is 31.5 Å². The number of nitrogens with zero attached hydrogens (tertiary/aromatic N) is 1. The minimum Gasteiger partial charge on any atom is -0.467 e. The summed E-state index contributed by atoms with van der Waals surface area (Å²) in [5.41, 5.74) is -3.19. The Morgan fingerprint density at radius 3 is 2.17 bits per heavy atom. The Kier molecular flexibility index (Phi) is 6.12. The van der Waals surface area contributed by atoms with Crippen molar-refractivity contribution in [2.24, 2.45) is 0 Å². The van der Waals surface area contributed by atoms with Gasteiger partial charge in [0.15, 0.2) is 0 Å². The molecule has 0 spiro atoms. The van der Waals surface area contributed by atoms with Crippen molar-refractivity contribution >= 4 is 11.8 Å². The lowest BCUT2D eigenvalue weighted by molar-refractivity contribution is -0.143. The predicted octanol–water partition coefficient (Wildman–Crippen LogP) is 5.54. The van der Waals surface area contributed by atoms with E-state index >= 15 is 0 Å². The van der Waals surface area contributed by atoms with Crippen molar-refractivity contribution in [1.82, 2.24) is 10.2 Å². The quantitative estimate of drug-likeness (QED) is 0.483. The number of furan rings is 1. The minimum absolute atomic E-state index is 0.00802. The summed E-state index contributed by atoms with van der Waals surface area (Å²) in [6.45, 7) is -0.0642. The summed E-state index contributed by atoms with van der Waals surface area (Å²) in [6, 6.07) is 8.84. The van der Waals surface area contributed by atoms with E-state index in [0.29, 0.717) is 17.9 Å². The van der Waals surface area contributed by atoms with Gasteiger partial charge in [0.25, 0.3) is 5.91 Å². The average Bonchev–Trinajstić information content (AvgIpc) is 3.32. The Balaban J connectivity index is 1.86. The number of benzene rings is 2. The highest BCUT2D eigenvalue weighted by atomic mass is 19.4. The average molecular weight is 496 g/mol. The van der Waals surface area contributed by atoms with Crippen LogP contribution in [-0.2, 0) is 23.7 Å². The van der Waals surface area contributed by atoms with Gasteiger partial charge in [0.1, 0.15) is 5.76 Å². The molecule has 0 radical (unpaired) electrons. The number of likely N-dealkylation sites (N-methyl/N-ethyl adjacent to an activating group) is 1. The summed E-state index contributed by atoms with van der Waals surface area (Å²) in [5, 5.41) is 2.61. The van der Waals surface area contributed by atoms with E-state index in [1.54, 1.807) is 18.2 Å². The van der Waals surface area contributed by atoms with E-state index in [-0.39, 0.29) is 23.7 Å². The Bertz CT molecular complexity index is 1220. The summed E-state index contributed by atoms with van der Waals surface area (Å²) in [7, 11) is 1.24. The molecule has 184 valence electrons. The Hall–Kier alpha value is -3.76. The van der Waals surface area contributed by atoms with Gasteiger partial charge in [-0.25, -0.2) is 0 Å². The minimum atomic E-state index is -5.08. The SMILES string of the molecule is CN1C(=O)c2ccccc2C(C(=O)NCc2ccco2)C1c1cc(C(F)(F)F)cc(C(F)(F)F)c1. The Morgan fingerprint density at radius 1 is 0.971 bits per heavy atom. The van der Waals surface area contributed by atoms with Gasteiger partial charge in [-0.1, -0.05) is 18.2 Å². The molecule has 1 aliphatic heterocycles. The number of alkyl halides is 6. The lowest BCUT2D eigenvalue weighted by atomic mass is 9.78. The van der Waals surface area contributed by atoms with Crippen LogP contribution in [-0.4, -0.2) is 23.8 Å². The van der Waals surface area contributed by atoms with Gasteiger partial charge in [0.2, 0.25) is 5.91 Å². The fourth-order valence-electron chi connectivity index (χ4n) is 4.22. The second kappa shape index (κ2) is 8.79. The molecule has 3 aromatic rings. The predicted molar refractivity (Wildman–Crippen MR) is 111 cm³/mol. The van der Waals surface area contributed by atoms with Crippen LogP contribution in [0.25, 0.3) is 0 Å². The van der Waals surface area contributed by atoms with Crippen LogP contribution in [0, 0.1) is 0 Å². The van der Waals surface area contributed by atoms with Crippen LogP contribution in [0.4, 0.5) is 26.3 Å². The first-order valence-corrected chi connectivity index (χ1v) is 10.3. The molecule has 0 saturated carbocycles. The lowest BCUT2D eigenvalue weighted by Gasteiger charge is -2.40. The molecule has 1 aliphatic rings. The van der Waals surface area contributed by atoms with Gasteiger partial charge in [-0.05, 0) is 47.5 Å². The molecule has 1 N–H and O–H groups in total. The number of hydrogen-bond donors (Lipinski definition) is 1. The zero-order valence-electron chi connectivity index (χ0n) is 18.1. The van der Waals surface area contributed by atoms with E-state index in [0.717, 1.165) is 4.90 Å². The zero-order chi connectivity index (χ0) is 25.5. The molecule has 4 rings (SSSR count). The number of nitrogens with one attached hydrogen (secondary N) is 1. The lowest BCUT2D eigenvalue weighted by Crippen LogP contribution is -2.45. The second-order valence-electron chi connectivity index (χ2n) is 8.06. The van der Waals surface area contributed by atoms with Gasteiger partial charge < -0.3 is 14.6 Å². The summed E-state index contributed by atoms with van der Waals surface area (Å²) in [5.74, 6) is -2.22. The normalized spacial score (nSPS) is 18.4. The molecule has 2 atom stereocenters. The summed E-state index contributed by atoms with van der Waals surface area (Å²) in [6.07, 6.45) is -8.78. The molecule has 35 heavy (non-hydrogen) atoms. The van der Waals surface area contributed by atoms with E-state index < -0.39 is 52.8 Å². The van der Waals surface area contributed by atoms with Crippen LogP contribution in [0.2, 0.25) is 0 Å². The molecule has 2 heterocycles. The number of rotatable bonds is 4. The maximum absolute atomic E-state index is 13.5. The first kappa shape index (κ1) is 24.4. The standard InChI is InChI=1S/C24H18F6N2O3/c1-32-20(13-9-14(23(25,26)27)11-15(10-13)24(28,29)30)19(17-6-2-3-7-18(17)22(32)34)21(33)31-12-16-5-4-8-35-16/h2-11,19-20H,12H2,1H3,(H,31,33). The van der Waals surface area contributed by atoms with Crippen molar-refractivity contribution < 1.29 is 40.3 Å². The third-order valence-electron chi connectivity index (χ3n) is 5.83. The maximum atomic E-state index is 13.5. The van der Waals surface area contributed by atoms with E-state index in [1.807, 2.05) is 0 Å². The van der Waals surface area contributed by atoms with Crippen molar-refractivity contribution in [2.75, 3.05) is 7.05 Å². The molecule has 1 aromatic heterocycles. The summed E-state index contributed by atoms with van der Waals surface area (Å²) < 4.78 is 86.2. The van der Waals surface area contributed by atoms with E-state index in [9.17, 15) is 35.9 Å². The molecular weight excluding hydrogens is 478 g/mol. The van der Waals surface area contributed by atoms with Crippen molar-refractivity contribution in [2.45, 2.75) is 30.9 Å². The molecule has 2 unspecified atom stereocenters.